The molecule has 1 N–H and O–H groups in total. The number of hydrogen-bond acceptors (Lipinski definition) is 5. The van der Waals surface area contributed by atoms with E-state index in [4.69, 9.17) is 0 Å². The van der Waals surface area contributed by atoms with Gasteiger partial charge in [-0.3, -0.25) is 4.79 Å². The van der Waals surface area contributed by atoms with Gasteiger partial charge in [0.1, 0.15) is 0 Å². The van der Waals surface area contributed by atoms with Crippen LogP contribution >= 0.6 is 23.5 Å². The Balaban J connectivity index is 1.44. The fraction of sp³-hybridized carbons (Fsp3) is 0.194. The van der Waals surface area contributed by atoms with Crippen LogP contribution in [0.2, 0.25) is 0 Å². The van der Waals surface area contributed by atoms with Crippen molar-refractivity contribution < 1.29 is 4.79 Å². The lowest BCUT2D eigenvalue weighted by molar-refractivity contribution is -0.107. The molecule has 0 fully saturated rings. The summed E-state index contributed by atoms with van der Waals surface area (Å²) >= 11 is 3.08. The second-order valence-electron chi connectivity index (χ2n) is 8.65. The zero-order valence-corrected chi connectivity index (χ0v) is 22.5. The topological polar surface area (TPSA) is 32.3 Å². The largest absolute Gasteiger partial charge is 0.384 e. The molecule has 1 aliphatic rings. The van der Waals surface area contributed by atoms with Crippen LogP contribution in [0.3, 0.4) is 0 Å². The van der Waals surface area contributed by atoms with Gasteiger partial charge in [0, 0.05) is 33.7 Å². The highest BCUT2D eigenvalue weighted by molar-refractivity contribution is 8.14. The normalized spacial score (nSPS) is 14.6. The molecule has 1 aliphatic heterocycles. The van der Waals surface area contributed by atoms with Gasteiger partial charge in [-0.2, -0.15) is 0 Å². The molecule has 0 aliphatic carbocycles. The molecule has 4 aromatic rings. The molecule has 0 unspecified atom stereocenters. The Kier molecular flexibility index (Phi) is 7.40. The van der Waals surface area contributed by atoms with Crippen LogP contribution in [0, 0.1) is 0 Å². The van der Waals surface area contributed by atoms with Crippen molar-refractivity contribution in [3.8, 4) is 0 Å². The first-order valence-corrected chi connectivity index (χ1v) is 14.1. The van der Waals surface area contributed by atoms with E-state index in [1.54, 1.807) is 17.8 Å². The molecule has 0 spiro atoms. The van der Waals surface area contributed by atoms with Crippen LogP contribution in [-0.4, -0.2) is 18.2 Å². The number of allylic oxidation sites excluding steroid dienone is 2. The predicted molar refractivity (Wildman–Crippen MR) is 158 cm³/mol. The van der Waals surface area contributed by atoms with Gasteiger partial charge in [0.25, 0.3) is 0 Å². The lowest BCUT2D eigenvalue weighted by atomic mass is 10.1. The van der Waals surface area contributed by atoms with Crippen LogP contribution in [0.5, 0.6) is 0 Å². The van der Waals surface area contributed by atoms with Gasteiger partial charge in [0.05, 0.1) is 16.4 Å². The SMILES string of the molecule is CCNc1c(SC(=O)/C=C(/C=C2/Sc3ccc4ccccc4c3N2CC)CC)ccc2ccccc12. The minimum atomic E-state index is 0.0483. The van der Waals surface area contributed by atoms with Crippen LogP contribution in [0.25, 0.3) is 21.5 Å². The Morgan fingerprint density at radius 3 is 2.33 bits per heavy atom. The number of rotatable bonds is 7. The summed E-state index contributed by atoms with van der Waals surface area (Å²) in [5.41, 5.74) is 3.34. The maximum Gasteiger partial charge on any atom is 0.217 e. The first kappa shape index (κ1) is 24.5. The van der Waals surface area contributed by atoms with E-state index in [0.717, 1.165) is 41.1 Å². The van der Waals surface area contributed by atoms with Crippen molar-refractivity contribution in [1.29, 1.82) is 0 Å². The second kappa shape index (κ2) is 10.9. The van der Waals surface area contributed by atoms with E-state index in [0.29, 0.717) is 0 Å². The van der Waals surface area contributed by atoms with Crippen molar-refractivity contribution in [1.82, 2.24) is 0 Å². The molecule has 1 heterocycles. The summed E-state index contributed by atoms with van der Waals surface area (Å²) in [6.45, 7) is 8.06. The zero-order chi connectivity index (χ0) is 25.1. The highest BCUT2D eigenvalue weighted by Gasteiger charge is 2.26. The van der Waals surface area contributed by atoms with Crippen molar-refractivity contribution in [2.45, 2.75) is 37.0 Å². The van der Waals surface area contributed by atoms with Crippen LogP contribution in [-0.2, 0) is 4.79 Å². The quantitative estimate of drug-likeness (QED) is 0.198. The van der Waals surface area contributed by atoms with Crippen molar-refractivity contribution in [3.63, 3.8) is 0 Å². The van der Waals surface area contributed by atoms with Crippen molar-refractivity contribution >= 4 is 61.6 Å². The number of nitrogens with zero attached hydrogens (tertiary/aromatic N) is 1. The first-order chi connectivity index (χ1) is 17.6. The smallest absolute Gasteiger partial charge is 0.217 e. The minimum absolute atomic E-state index is 0.0483. The first-order valence-electron chi connectivity index (χ1n) is 12.5. The van der Waals surface area contributed by atoms with E-state index >= 15 is 0 Å². The molecule has 0 saturated heterocycles. The molecular formula is C31H30N2OS2. The summed E-state index contributed by atoms with van der Waals surface area (Å²) in [6.07, 6.45) is 4.79. The highest BCUT2D eigenvalue weighted by Crippen LogP contribution is 2.49. The fourth-order valence-corrected chi connectivity index (χ4v) is 6.75. The summed E-state index contributed by atoms with van der Waals surface area (Å²) in [5, 5.41) is 9.53. The van der Waals surface area contributed by atoms with E-state index in [2.05, 4.69) is 91.7 Å². The molecular weight excluding hydrogens is 480 g/mol. The van der Waals surface area contributed by atoms with E-state index in [1.165, 1.54) is 43.5 Å². The number of anilines is 2. The highest BCUT2D eigenvalue weighted by atomic mass is 32.2. The van der Waals surface area contributed by atoms with E-state index < -0.39 is 0 Å². The third-order valence-electron chi connectivity index (χ3n) is 6.41. The Labute approximate surface area is 221 Å². The van der Waals surface area contributed by atoms with Gasteiger partial charge < -0.3 is 10.2 Å². The molecule has 182 valence electrons. The van der Waals surface area contributed by atoms with Crippen molar-refractivity contribution in [2.75, 3.05) is 23.3 Å². The standard InChI is InChI=1S/C31H30N2OS2/c1-4-21(19-28-33(6-3)31-25-14-10-8-12-23(25)16-18-27(31)35-28)20-29(34)36-26-17-15-22-11-7-9-13-24(22)30(26)32-5-2/h7-20,32H,4-6H2,1-3H3/b21-20+,28-19+. The lowest BCUT2D eigenvalue weighted by Gasteiger charge is -2.20. The minimum Gasteiger partial charge on any atom is -0.384 e. The summed E-state index contributed by atoms with van der Waals surface area (Å²) in [5.74, 6) is 0. The number of thioether (sulfide) groups is 2. The van der Waals surface area contributed by atoms with Crippen LogP contribution in [0.4, 0.5) is 11.4 Å². The predicted octanol–water partition coefficient (Wildman–Crippen LogP) is 8.85. The van der Waals surface area contributed by atoms with Crippen LogP contribution < -0.4 is 10.2 Å². The van der Waals surface area contributed by atoms with E-state index in [9.17, 15) is 4.79 Å². The average Bonchev–Trinajstić information content (AvgIpc) is 3.27. The number of benzene rings is 4. The second-order valence-corrected chi connectivity index (χ2v) is 10.8. The molecule has 0 saturated carbocycles. The molecule has 5 rings (SSSR count). The maximum atomic E-state index is 13.2. The molecule has 36 heavy (non-hydrogen) atoms. The molecule has 0 atom stereocenters. The molecule has 4 aromatic carbocycles. The monoisotopic (exact) mass is 510 g/mol. The van der Waals surface area contributed by atoms with Crippen LogP contribution in [0.1, 0.15) is 27.2 Å². The molecule has 0 amide bonds. The Morgan fingerprint density at radius 2 is 1.61 bits per heavy atom. The van der Waals surface area contributed by atoms with Gasteiger partial charge in [-0.15, -0.1) is 0 Å². The summed E-state index contributed by atoms with van der Waals surface area (Å²) in [4.78, 5) is 17.8. The summed E-state index contributed by atoms with van der Waals surface area (Å²) in [6, 6.07) is 25.4. The number of fused-ring (bicyclic) bond motifs is 4. The molecule has 0 bridgehead atoms. The third kappa shape index (κ3) is 4.78. The van der Waals surface area contributed by atoms with Gasteiger partial charge in [0.15, 0.2) is 0 Å². The Bertz CT molecular complexity index is 1510. The molecule has 0 aromatic heterocycles. The molecule has 0 radical (unpaired) electrons. The van der Waals surface area contributed by atoms with Crippen molar-refractivity contribution in [2.24, 2.45) is 0 Å². The number of carbonyl (C=O) groups excluding carboxylic acids is 1. The van der Waals surface area contributed by atoms with Gasteiger partial charge >= 0.3 is 0 Å². The number of carbonyl (C=O) groups is 1. The Hall–Kier alpha value is -3.15. The molecule has 3 nitrogen and oxygen atoms in total. The van der Waals surface area contributed by atoms with Gasteiger partial charge in [0.2, 0.25) is 5.12 Å². The van der Waals surface area contributed by atoms with Gasteiger partial charge in [-0.25, -0.2) is 0 Å². The number of nitrogens with one attached hydrogen (secondary N) is 1. The van der Waals surface area contributed by atoms with Crippen molar-refractivity contribution in [3.05, 3.63) is 95.6 Å². The lowest BCUT2D eigenvalue weighted by Crippen LogP contribution is -2.17. The van der Waals surface area contributed by atoms with Gasteiger partial charge in [-0.05, 0) is 72.7 Å². The third-order valence-corrected chi connectivity index (χ3v) is 8.38. The number of hydrogen-bond donors (Lipinski definition) is 1. The zero-order valence-electron chi connectivity index (χ0n) is 20.9. The van der Waals surface area contributed by atoms with Crippen LogP contribution in [0.15, 0.2) is 105 Å². The fourth-order valence-electron chi connectivity index (χ4n) is 4.68. The maximum absolute atomic E-state index is 13.2. The summed E-state index contributed by atoms with van der Waals surface area (Å²) in [7, 11) is 0. The van der Waals surface area contributed by atoms with Gasteiger partial charge in [-0.1, -0.05) is 79.3 Å². The average molecular weight is 511 g/mol. The molecule has 5 heteroatoms. The Morgan fingerprint density at radius 1 is 0.917 bits per heavy atom. The summed E-state index contributed by atoms with van der Waals surface area (Å²) < 4.78 is 0. The van der Waals surface area contributed by atoms with E-state index in [1.807, 2.05) is 18.2 Å². The van der Waals surface area contributed by atoms with E-state index in [-0.39, 0.29) is 5.12 Å².